The molecule has 0 radical (unpaired) electrons. The molecular weight excluding hydrogens is 514 g/mol. The van der Waals surface area contributed by atoms with Crippen molar-refractivity contribution in [1.82, 2.24) is 10.0 Å². The Bertz CT molecular complexity index is 1350. The van der Waals surface area contributed by atoms with Crippen LogP contribution in [0.3, 0.4) is 0 Å². The van der Waals surface area contributed by atoms with Gasteiger partial charge in [-0.1, -0.05) is 67.8 Å². The molecule has 0 saturated heterocycles. The number of carbonyl (C=O) groups is 1. The van der Waals surface area contributed by atoms with E-state index in [4.69, 9.17) is 4.74 Å². The largest absolute Gasteiger partial charge is 0.492 e. The van der Waals surface area contributed by atoms with E-state index >= 15 is 0 Å². The lowest BCUT2D eigenvalue weighted by molar-refractivity contribution is 0.0169. The smallest absolute Gasteiger partial charge is 0.266 e. The van der Waals surface area contributed by atoms with Crippen LogP contribution in [-0.4, -0.2) is 44.9 Å². The fourth-order valence-electron chi connectivity index (χ4n) is 4.80. The number of rotatable bonds is 11. The highest BCUT2D eigenvalue weighted by Crippen LogP contribution is 2.30. The SMILES string of the molecule is C[C@@](O)(NCCOc1ccc(-c2ccc(C(=O)NS(C)(=O)=O)c(NC3CCCCC3)c2)cc1)c1ccccc1. The first-order valence-corrected chi connectivity index (χ1v) is 15.2. The highest BCUT2D eigenvalue weighted by atomic mass is 32.2. The molecule has 0 aliphatic heterocycles. The van der Waals surface area contributed by atoms with Gasteiger partial charge in [-0.15, -0.1) is 0 Å². The lowest BCUT2D eigenvalue weighted by atomic mass is 9.94. The van der Waals surface area contributed by atoms with Gasteiger partial charge in [0.1, 0.15) is 18.1 Å². The van der Waals surface area contributed by atoms with Gasteiger partial charge in [-0.3, -0.25) is 10.1 Å². The molecule has 0 heterocycles. The zero-order valence-electron chi connectivity index (χ0n) is 22.4. The molecule has 1 atom stereocenters. The first-order chi connectivity index (χ1) is 18.6. The molecule has 3 aromatic rings. The minimum atomic E-state index is -3.68. The lowest BCUT2D eigenvalue weighted by Gasteiger charge is -2.25. The van der Waals surface area contributed by atoms with Crippen LogP contribution >= 0.6 is 0 Å². The number of aliphatic hydroxyl groups is 1. The summed E-state index contributed by atoms with van der Waals surface area (Å²) >= 11 is 0. The third-order valence-electron chi connectivity index (χ3n) is 6.87. The third kappa shape index (κ3) is 8.29. The van der Waals surface area contributed by atoms with Crippen molar-refractivity contribution in [2.24, 2.45) is 0 Å². The fraction of sp³-hybridized carbons (Fsp3) is 0.367. The number of carbonyl (C=O) groups excluding carboxylic acids is 1. The standard InChI is InChI=1S/C30H37N3O5S/c1-30(35,24-9-5-3-6-10-24)31-19-20-38-26-16-13-22(14-17-26)23-15-18-27(29(34)33-39(2,36)37)28(21-23)32-25-11-7-4-8-12-25/h3,5-6,9-10,13-18,21,25,31-32,35H,4,7-8,11-12,19-20H2,1-2H3,(H,33,34)/t30-/m0/s1. The summed E-state index contributed by atoms with van der Waals surface area (Å²) in [6.07, 6.45) is 6.46. The molecule has 0 unspecified atom stereocenters. The average Bonchev–Trinajstić information content (AvgIpc) is 2.91. The molecule has 4 rings (SSSR count). The number of ether oxygens (including phenoxy) is 1. The van der Waals surface area contributed by atoms with E-state index in [0.29, 0.717) is 30.2 Å². The van der Waals surface area contributed by atoms with E-state index in [1.165, 1.54) is 6.42 Å². The molecule has 0 spiro atoms. The molecule has 8 nitrogen and oxygen atoms in total. The van der Waals surface area contributed by atoms with Gasteiger partial charge in [0.05, 0.1) is 11.8 Å². The zero-order chi connectivity index (χ0) is 27.9. The summed E-state index contributed by atoms with van der Waals surface area (Å²) in [5.41, 5.74) is 2.39. The Morgan fingerprint density at radius 1 is 0.974 bits per heavy atom. The van der Waals surface area contributed by atoms with Gasteiger partial charge < -0.3 is 15.2 Å². The summed E-state index contributed by atoms with van der Waals surface area (Å²) in [7, 11) is -3.68. The molecule has 0 bridgehead atoms. The van der Waals surface area contributed by atoms with Crippen LogP contribution in [0.25, 0.3) is 11.1 Å². The van der Waals surface area contributed by atoms with Crippen molar-refractivity contribution in [2.75, 3.05) is 24.7 Å². The van der Waals surface area contributed by atoms with Gasteiger partial charge in [-0.25, -0.2) is 13.1 Å². The Morgan fingerprint density at radius 3 is 2.31 bits per heavy atom. The highest BCUT2D eigenvalue weighted by molar-refractivity contribution is 7.89. The Morgan fingerprint density at radius 2 is 1.64 bits per heavy atom. The van der Waals surface area contributed by atoms with E-state index in [1.807, 2.05) is 66.7 Å². The van der Waals surface area contributed by atoms with E-state index in [1.54, 1.807) is 13.0 Å². The molecule has 1 amide bonds. The minimum Gasteiger partial charge on any atom is -0.492 e. The van der Waals surface area contributed by atoms with Crippen LogP contribution < -0.4 is 20.1 Å². The van der Waals surface area contributed by atoms with Crippen molar-refractivity contribution < 1.29 is 23.1 Å². The van der Waals surface area contributed by atoms with Crippen LogP contribution in [0.15, 0.2) is 72.8 Å². The molecule has 4 N–H and O–H groups in total. The van der Waals surface area contributed by atoms with Gasteiger partial charge in [0.15, 0.2) is 0 Å². The molecule has 1 saturated carbocycles. The number of amides is 1. The fourth-order valence-corrected chi connectivity index (χ4v) is 5.25. The van der Waals surface area contributed by atoms with Gasteiger partial charge in [-0.2, -0.15) is 0 Å². The Kier molecular flexibility index (Phi) is 9.27. The summed E-state index contributed by atoms with van der Waals surface area (Å²) in [6, 6.07) is 22.7. The maximum Gasteiger partial charge on any atom is 0.266 e. The summed E-state index contributed by atoms with van der Waals surface area (Å²) in [6.45, 7) is 2.55. The quantitative estimate of drug-likeness (QED) is 0.203. The molecule has 3 aromatic carbocycles. The first-order valence-electron chi connectivity index (χ1n) is 13.3. The monoisotopic (exact) mass is 551 g/mol. The van der Waals surface area contributed by atoms with Crippen molar-refractivity contribution in [2.45, 2.75) is 50.8 Å². The predicted molar refractivity (Wildman–Crippen MR) is 154 cm³/mol. The van der Waals surface area contributed by atoms with E-state index in [0.717, 1.165) is 48.6 Å². The number of nitrogens with one attached hydrogen (secondary N) is 3. The van der Waals surface area contributed by atoms with Crippen molar-refractivity contribution >= 4 is 21.6 Å². The summed E-state index contributed by atoms with van der Waals surface area (Å²) in [5.74, 6) is 0.0515. The van der Waals surface area contributed by atoms with Crippen molar-refractivity contribution in [3.8, 4) is 16.9 Å². The Balaban J connectivity index is 1.42. The summed E-state index contributed by atoms with van der Waals surface area (Å²) in [5, 5.41) is 17.2. The van der Waals surface area contributed by atoms with Gasteiger partial charge in [0.25, 0.3) is 5.91 Å². The number of benzene rings is 3. The van der Waals surface area contributed by atoms with E-state index in [9.17, 15) is 18.3 Å². The first kappa shape index (κ1) is 28.6. The van der Waals surface area contributed by atoms with Gasteiger partial charge in [-0.05, 0) is 60.7 Å². The van der Waals surface area contributed by atoms with Crippen molar-refractivity contribution in [3.63, 3.8) is 0 Å². The van der Waals surface area contributed by atoms with Crippen LogP contribution in [-0.2, 0) is 15.7 Å². The second kappa shape index (κ2) is 12.6. The van der Waals surface area contributed by atoms with Gasteiger partial charge in [0, 0.05) is 18.3 Å². The van der Waals surface area contributed by atoms with E-state index < -0.39 is 21.7 Å². The maximum atomic E-state index is 12.7. The molecule has 1 aliphatic rings. The second-order valence-corrected chi connectivity index (χ2v) is 11.9. The number of anilines is 1. The zero-order valence-corrected chi connectivity index (χ0v) is 23.3. The van der Waals surface area contributed by atoms with E-state index in [-0.39, 0.29) is 6.04 Å². The molecule has 0 aromatic heterocycles. The minimum absolute atomic E-state index is 0.242. The topological polar surface area (TPSA) is 117 Å². The van der Waals surface area contributed by atoms with Gasteiger partial charge >= 0.3 is 0 Å². The van der Waals surface area contributed by atoms with Crippen LogP contribution in [0.2, 0.25) is 0 Å². The Labute approximate surface area is 230 Å². The van der Waals surface area contributed by atoms with Gasteiger partial charge in [0.2, 0.25) is 10.0 Å². The summed E-state index contributed by atoms with van der Waals surface area (Å²) in [4.78, 5) is 12.7. The van der Waals surface area contributed by atoms with Crippen molar-refractivity contribution in [1.29, 1.82) is 0 Å². The molecule has 1 aliphatic carbocycles. The average molecular weight is 552 g/mol. The highest BCUT2D eigenvalue weighted by Gasteiger charge is 2.22. The number of hydrogen-bond acceptors (Lipinski definition) is 7. The normalized spacial score (nSPS) is 15.8. The Hall–Kier alpha value is -3.40. The molecule has 9 heteroatoms. The van der Waals surface area contributed by atoms with Crippen LogP contribution in [0.4, 0.5) is 5.69 Å². The van der Waals surface area contributed by atoms with Crippen LogP contribution in [0.1, 0.15) is 54.9 Å². The van der Waals surface area contributed by atoms with E-state index in [2.05, 4.69) is 15.4 Å². The predicted octanol–water partition coefficient (Wildman–Crippen LogP) is 4.62. The van der Waals surface area contributed by atoms with Crippen LogP contribution in [0.5, 0.6) is 5.75 Å². The number of sulfonamides is 1. The third-order valence-corrected chi connectivity index (χ3v) is 7.43. The van der Waals surface area contributed by atoms with Crippen LogP contribution in [0, 0.1) is 0 Å². The second-order valence-electron chi connectivity index (χ2n) is 10.2. The lowest BCUT2D eigenvalue weighted by Crippen LogP contribution is -2.41. The van der Waals surface area contributed by atoms with Crippen molar-refractivity contribution in [3.05, 3.63) is 83.9 Å². The molecule has 1 fully saturated rings. The maximum absolute atomic E-state index is 12.7. The number of hydrogen-bond donors (Lipinski definition) is 4. The molecule has 39 heavy (non-hydrogen) atoms. The molecular formula is C30H37N3O5S. The molecule has 208 valence electrons. The summed E-state index contributed by atoms with van der Waals surface area (Å²) < 4.78 is 31.3.